The number of hydrogen-bond donors (Lipinski definition) is 2. The third-order valence-electron chi connectivity index (χ3n) is 4.60. The second-order valence-corrected chi connectivity index (χ2v) is 9.91. The van der Waals surface area contributed by atoms with Crippen molar-refractivity contribution >= 4 is 55.4 Å². The van der Waals surface area contributed by atoms with E-state index in [2.05, 4.69) is 15.0 Å². The van der Waals surface area contributed by atoms with Crippen LogP contribution in [0.25, 0.3) is 11.3 Å². The van der Waals surface area contributed by atoms with Crippen LogP contribution in [0.15, 0.2) is 83.1 Å². The lowest BCUT2D eigenvalue weighted by Crippen LogP contribution is -2.12. The van der Waals surface area contributed by atoms with Gasteiger partial charge in [-0.05, 0) is 48.5 Å². The Bertz CT molecular complexity index is 1470. The fourth-order valence-corrected chi connectivity index (χ4v) is 4.83. The largest absolute Gasteiger partial charge is 0.298 e. The monoisotopic (exact) mass is 514 g/mol. The molecule has 0 aliphatic rings. The van der Waals surface area contributed by atoms with E-state index >= 15 is 0 Å². The lowest BCUT2D eigenvalue weighted by atomic mass is 10.1. The summed E-state index contributed by atoms with van der Waals surface area (Å²) in [6.07, 6.45) is 0. The molecule has 0 unspecified atom stereocenters. The molecule has 12 heteroatoms. The Morgan fingerprint density at radius 1 is 1.03 bits per heavy atom. The van der Waals surface area contributed by atoms with Crippen molar-refractivity contribution < 1.29 is 18.1 Å². The number of halogens is 1. The van der Waals surface area contributed by atoms with Gasteiger partial charge in [0.2, 0.25) is 0 Å². The van der Waals surface area contributed by atoms with Crippen molar-refractivity contribution in [2.75, 3.05) is 10.0 Å². The molecule has 0 saturated carbocycles. The minimum absolute atomic E-state index is 0.0761. The van der Waals surface area contributed by atoms with Gasteiger partial charge < -0.3 is 0 Å². The number of hydrogen-bond acceptors (Lipinski definition) is 7. The highest BCUT2D eigenvalue weighted by Crippen LogP contribution is 2.28. The summed E-state index contributed by atoms with van der Waals surface area (Å²) < 4.78 is 27.8. The second kappa shape index (κ2) is 9.59. The summed E-state index contributed by atoms with van der Waals surface area (Å²) in [5.74, 6) is -0.458. The fourth-order valence-electron chi connectivity index (χ4n) is 2.94. The lowest BCUT2D eigenvalue weighted by Gasteiger charge is -2.09. The second-order valence-electron chi connectivity index (χ2n) is 6.94. The van der Waals surface area contributed by atoms with E-state index in [-0.39, 0.29) is 16.1 Å². The molecular weight excluding hydrogens is 500 g/mol. The van der Waals surface area contributed by atoms with Gasteiger partial charge in [0.05, 0.1) is 15.5 Å². The third kappa shape index (κ3) is 5.39. The molecule has 2 N–H and O–H groups in total. The number of nitro groups is 1. The number of carbonyl (C=O) groups is 1. The molecule has 0 saturated heterocycles. The highest BCUT2D eigenvalue weighted by atomic mass is 35.5. The van der Waals surface area contributed by atoms with Crippen LogP contribution >= 0.6 is 22.9 Å². The van der Waals surface area contributed by atoms with Crippen LogP contribution in [-0.2, 0) is 10.0 Å². The van der Waals surface area contributed by atoms with Crippen LogP contribution in [0, 0.1) is 10.1 Å². The van der Waals surface area contributed by atoms with Crippen LogP contribution in [0.2, 0.25) is 5.02 Å². The van der Waals surface area contributed by atoms with Gasteiger partial charge in [-0.25, -0.2) is 13.4 Å². The first-order valence-electron chi connectivity index (χ1n) is 9.61. The number of thiazole rings is 1. The predicted molar refractivity (Wildman–Crippen MR) is 131 cm³/mol. The molecular formula is C22H15ClN4O5S2. The zero-order valence-electron chi connectivity index (χ0n) is 17.1. The summed E-state index contributed by atoms with van der Waals surface area (Å²) in [5.41, 5.74) is 1.66. The molecule has 0 radical (unpaired) electrons. The van der Waals surface area contributed by atoms with Crippen molar-refractivity contribution in [1.29, 1.82) is 0 Å². The number of aromatic nitrogens is 1. The van der Waals surface area contributed by atoms with E-state index in [0.717, 1.165) is 0 Å². The van der Waals surface area contributed by atoms with E-state index in [4.69, 9.17) is 11.6 Å². The molecule has 0 atom stereocenters. The molecule has 1 aromatic heterocycles. The van der Waals surface area contributed by atoms with E-state index in [1.807, 2.05) is 0 Å². The van der Waals surface area contributed by atoms with Crippen molar-refractivity contribution in [2.45, 2.75) is 4.90 Å². The number of benzene rings is 3. The molecule has 1 heterocycles. The average Bonchev–Trinajstić information content (AvgIpc) is 3.28. The molecule has 0 spiro atoms. The maximum absolute atomic E-state index is 12.6. The zero-order chi connectivity index (χ0) is 24.3. The first-order valence-corrected chi connectivity index (χ1v) is 12.4. The van der Waals surface area contributed by atoms with Crippen LogP contribution in [0.5, 0.6) is 0 Å². The maximum atomic E-state index is 12.6. The lowest BCUT2D eigenvalue weighted by molar-refractivity contribution is -0.384. The maximum Gasteiger partial charge on any atom is 0.269 e. The van der Waals surface area contributed by atoms with Crippen molar-refractivity contribution in [1.82, 2.24) is 4.98 Å². The molecule has 0 fully saturated rings. The number of nitrogens with zero attached hydrogens (tertiary/aromatic N) is 2. The van der Waals surface area contributed by atoms with Gasteiger partial charge in [0.25, 0.3) is 21.6 Å². The Labute approximate surface area is 203 Å². The minimum atomic E-state index is -3.80. The van der Waals surface area contributed by atoms with E-state index in [1.54, 1.807) is 29.6 Å². The van der Waals surface area contributed by atoms with Gasteiger partial charge in [-0.3, -0.25) is 24.9 Å². The summed E-state index contributed by atoms with van der Waals surface area (Å²) in [6, 6.07) is 17.7. The normalized spacial score (nSPS) is 11.1. The minimum Gasteiger partial charge on any atom is -0.298 e. The van der Waals surface area contributed by atoms with E-state index in [1.165, 1.54) is 59.9 Å². The Kier molecular flexibility index (Phi) is 6.59. The number of carbonyl (C=O) groups excluding carboxylic acids is 1. The quantitative estimate of drug-likeness (QED) is 0.250. The standard InChI is InChI=1S/C22H15ClN4O5S2/c23-16-6-10-19(11-7-16)34(31,32)26-17-3-1-2-15(12-17)20-13-33-22(24-20)25-21(28)14-4-8-18(9-5-14)27(29)30/h1-13,26H,(H,24,25,28). The van der Waals surface area contributed by atoms with Crippen molar-refractivity contribution in [3.05, 3.63) is 98.9 Å². The summed E-state index contributed by atoms with van der Waals surface area (Å²) in [6.45, 7) is 0. The van der Waals surface area contributed by atoms with E-state index in [9.17, 15) is 23.3 Å². The number of nitrogens with one attached hydrogen (secondary N) is 2. The summed E-state index contributed by atoms with van der Waals surface area (Å²) in [4.78, 5) is 27.1. The third-order valence-corrected chi connectivity index (χ3v) is 7.01. The Morgan fingerprint density at radius 3 is 2.41 bits per heavy atom. The molecule has 172 valence electrons. The summed E-state index contributed by atoms with van der Waals surface area (Å²) in [5, 5.41) is 15.9. The number of sulfonamides is 1. The van der Waals surface area contributed by atoms with Crippen LogP contribution in [0.4, 0.5) is 16.5 Å². The molecule has 4 rings (SSSR count). The molecule has 3 aromatic carbocycles. The molecule has 1 amide bonds. The highest BCUT2D eigenvalue weighted by Gasteiger charge is 2.16. The highest BCUT2D eigenvalue weighted by molar-refractivity contribution is 7.92. The summed E-state index contributed by atoms with van der Waals surface area (Å²) >= 11 is 7.01. The number of amides is 1. The smallest absolute Gasteiger partial charge is 0.269 e. The fraction of sp³-hybridized carbons (Fsp3) is 0. The predicted octanol–water partition coefficient (Wildman–Crippen LogP) is 5.42. The average molecular weight is 515 g/mol. The molecule has 0 aliphatic carbocycles. The van der Waals surface area contributed by atoms with Gasteiger partial charge in [0, 0.05) is 39.3 Å². The van der Waals surface area contributed by atoms with E-state index < -0.39 is 20.9 Å². The Balaban J connectivity index is 1.48. The number of rotatable bonds is 7. The number of nitro benzene ring substituents is 1. The first-order chi connectivity index (χ1) is 16.2. The zero-order valence-corrected chi connectivity index (χ0v) is 19.5. The van der Waals surface area contributed by atoms with Crippen LogP contribution in [0.3, 0.4) is 0 Å². The van der Waals surface area contributed by atoms with Gasteiger partial charge in [0.1, 0.15) is 0 Å². The van der Waals surface area contributed by atoms with Gasteiger partial charge >= 0.3 is 0 Å². The van der Waals surface area contributed by atoms with Gasteiger partial charge in [-0.2, -0.15) is 0 Å². The topological polar surface area (TPSA) is 131 Å². The molecule has 34 heavy (non-hydrogen) atoms. The van der Waals surface area contributed by atoms with Gasteiger partial charge in [-0.1, -0.05) is 23.7 Å². The van der Waals surface area contributed by atoms with Crippen LogP contribution in [-0.4, -0.2) is 24.2 Å². The number of non-ortho nitro benzene ring substituents is 1. The molecule has 0 aliphatic heterocycles. The van der Waals surface area contributed by atoms with Crippen molar-refractivity contribution in [3.63, 3.8) is 0 Å². The molecule has 4 aromatic rings. The van der Waals surface area contributed by atoms with Crippen LogP contribution in [0.1, 0.15) is 10.4 Å². The SMILES string of the molecule is O=C(Nc1nc(-c2cccc(NS(=O)(=O)c3ccc(Cl)cc3)c2)cs1)c1ccc([N+](=O)[O-])cc1. The first kappa shape index (κ1) is 23.4. The molecule has 0 bridgehead atoms. The number of anilines is 2. The van der Waals surface area contributed by atoms with Crippen molar-refractivity contribution in [3.8, 4) is 11.3 Å². The van der Waals surface area contributed by atoms with E-state index in [0.29, 0.717) is 27.1 Å². The van der Waals surface area contributed by atoms with Gasteiger partial charge in [-0.15, -0.1) is 11.3 Å². The molecule has 9 nitrogen and oxygen atoms in total. The Hall–Kier alpha value is -3.80. The van der Waals surface area contributed by atoms with Gasteiger partial charge in [0.15, 0.2) is 5.13 Å². The van der Waals surface area contributed by atoms with Crippen molar-refractivity contribution in [2.24, 2.45) is 0 Å². The summed E-state index contributed by atoms with van der Waals surface area (Å²) in [7, 11) is -3.80. The Morgan fingerprint density at radius 2 is 1.74 bits per heavy atom. The van der Waals surface area contributed by atoms with Crippen LogP contribution < -0.4 is 10.0 Å².